The van der Waals surface area contributed by atoms with Crippen molar-refractivity contribution in [2.45, 2.75) is 0 Å². The number of aliphatic carboxylic acids is 1. The molecule has 1 aromatic heterocycles. The fourth-order valence-corrected chi connectivity index (χ4v) is 1.70. The van der Waals surface area contributed by atoms with Gasteiger partial charge in [-0.05, 0) is 30.4 Å². The summed E-state index contributed by atoms with van der Waals surface area (Å²) in [4.78, 5) is 21.8. The second-order valence-electron chi connectivity index (χ2n) is 3.90. The van der Waals surface area contributed by atoms with E-state index < -0.39 is 18.5 Å². The van der Waals surface area contributed by atoms with Gasteiger partial charge in [0, 0.05) is 5.69 Å². The summed E-state index contributed by atoms with van der Waals surface area (Å²) in [5.41, 5.74) is 1.15. The van der Waals surface area contributed by atoms with Crippen LogP contribution in [0.5, 0.6) is 0 Å². The lowest BCUT2D eigenvalue weighted by molar-refractivity contribution is -0.143. The maximum absolute atomic E-state index is 11.6. The van der Waals surface area contributed by atoms with Crippen LogP contribution in [0.2, 0.25) is 0 Å². The van der Waals surface area contributed by atoms with Crippen LogP contribution < -0.4 is 5.32 Å². The van der Waals surface area contributed by atoms with Gasteiger partial charge in [-0.2, -0.15) is 5.21 Å². The average Bonchev–Trinajstić information content (AvgIpc) is 2.85. The Bertz CT molecular complexity index is 710. The molecule has 1 aromatic carbocycles. The Labute approximate surface area is 123 Å². The van der Waals surface area contributed by atoms with E-state index in [2.05, 4.69) is 20.8 Å². The molecule has 0 aliphatic carbocycles. The third-order valence-electron chi connectivity index (χ3n) is 2.32. The number of tetrazole rings is 1. The first-order valence-corrected chi connectivity index (χ1v) is 6.17. The Balaban J connectivity index is 2.01. The van der Waals surface area contributed by atoms with Gasteiger partial charge < -0.3 is 15.2 Å². The molecule has 0 unspecified atom stereocenters. The molecular weight excluding hydrogens is 298 g/mol. The molecular formula is C11H11N5O4S. The van der Waals surface area contributed by atoms with Crippen molar-refractivity contribution in [1.82, 2.24) is 20.2 Å². The third kappa shape index (κ3) is 4.19. The Morgan fingerprint density at radius 1 is 1.43 bits per heavy atom. The molecule has 0 saturated heterocycles. The first kappa shape index (κ1) is 14.8. The van der Waals surface area contributed by atoms with Crippen LogP contribution in [0.25, 0.3) is 5.69 Å². The van der Waals surface area contributed by atoms with Crippen molar-refractivity contribution in [3.63, 3.8) is 0 Å². The van der Waals surface area contributed by atoms with Crippen LogP contribution in [0.3, 0.4) is 0 Å². The molecule has 21 heavy (non-hydrogen) atoms. The summed E-state index contributed by atoms with van der Waals surface area (Å²) >= 11 is 4.98. The van der Waals surface area contributed by atoms with Crippen LogP contribution in [-0.4, -0.2) is 50.4 Å². The summed E-state index contributed by atoms with van der Waals surface area (Å²) in [6, 6.07) is 6.80. The number of carbonyl (C=O) groups is 2. The topological polar surface area (TPSA) is 122 Å². The Hall–Kier alpha value is -2.59. The van der Waals surface area contributed by atoms with Crippen LogP contribution in [0.4, 0.5) is 5.69 Å². The van der Waals surface area contributed by atoms with E-state index in [1.54, 1.807) is 24.3 Å². The lowest BCUT2D eigenvalue weighted by Crippen LogP contribution is -2.20. The molecule has 0 saturated carbocycles. The molecule has 0 spiro atoms. The summed E-state index contributed by atoms with van der Waals surface area (Å²) in [6.45, 7) is -0.871. The van der Waals surface area contributed by atoms with E-state index >= 15 is 0 Å². The maximum Gasteiger partial charge on any atom is 0.329 e. The molecule has 110 valence electrons. The van der Waals surface area contributed by atoms with Gasteiger partial charge in [0.2, 0.25) is 10.7 Å². The number of hydrogen-bond acceptors (Lipinski definition) is 6. The minimum absolute atomic E-state index is 0.253. The Kier molecular flexibility index (Phi) is 4.74. The number of amides is 1. The fraction of sp³-hybridized carbons (Fsp3) is 0.182. The van der Waals surface area contributed by atoms with Crippen LogP contribution in [0, 0.1) is 4.77 Å². The number of aromatic amines is 1. The van der Waals surface area contributed by atoms with E-state index in [4.69, 9.17) is 22.1 Å². The van der Waals surface area contributed by atoms with Gasteiger partial charge in [-0.1, -0.05) is 16.4 Å². The second-order valence-corrected chi connectivity index (χ2v) is 4.27. The highest BCUT2D eigenvalue weighted by molar-refractivity contribution is 7.71. The Morgan fingerprint density at radius 2 is 2.24 bits per heavy atom. The molecule has 9 nitrogen and oxygen atoms in total. The number of nitrogens with one attached hydrogen (secondary N) is 2. The van der Waals surface area contributed by atoms with Crippen molar-refractivity contribution in [1.29, 1.82) is 0 Å². The van der Waals surface area contributed by atoms with Gasteiger partial charge in [-0.15, -0.1) is 0 Å². The number of anilines is 1. The minimum Gasteiger partial charge on any atom is -0.480 e. The predicted molar refractivity (Wildman–Crippen MR) is 73.6 cm³/mol. The molecule has 0 atom stereocenters. The van der Waals surface area contributed by atoms with Crippen molar-refractivity contribution >= 4 is 29.8 Å². The monoisotopic (exact) mass is 309 g/mol. The van der Waals surface area contributed by atoms with Gasteiger partial charge in [-0.25, -0.2) is 9.48 Å². The van der Waals surface area contributed by atoms with Crippen LogP contribution in [0.15, 0.2) is 24.3 Å². The molecule has 2 aromatic rings. The third-order valence-corrected chi connectivity index (χ3v) is 2.58. The lowest BCUT2D eigenvalue weighted by Gasteiger charge is -2.07. The normalized spacial score (nSPS) is 10.3. The number of aromatic nitrogens is 4. The minimum atomic E-state index is -1.13. The van der Waals surface area contributed by atoms with E-state index in [1.807, 2.05) is 0 Å². The molecule has 1 amide bonds. The summed E-state index contributed by atoms with van der Waals surface area (Å²) < 4.78 is 6.41. The molecule has 10 heteroatoms. The van der Waals surface area contributed by atoms with Crippen molar-refractivity contribution < 1.29 is 19.4 Å². The van der Waals surface area contributed by atoms with Crippen molar-refractivity contribution in [3.8, 4) is 5.69 Å². The number of nitrogens with zero attached hydrogens (tertiary/aromatic N) is 3. The van der Waals surface area contributed by atoms with Crippen molar-refractivity contribution in [2.75, 3.05) is 18.5 Å². The van der Waals surface area contributed by atoms with Gasteiger partial charge in [0.1, 0.15) is 13.2 Å². The van der Waals surface area contributed by atoms with Crippen LogP contribution in [0.1, 0.15) is 0 Å². The Morgan fingerprint density at radius 3 is 2.90 bits per heavy atom. The number of hydrogen-bond donors (Lipinski definition) is 3. The molecule has 3 N–H and O–H groups in total. The number of ether oxygens (including phenoxy) is 1. The highest BCUT2D eigenvalue weighted by Gasteiger charge is 2.06. The largest absolute Gasteiger partial charge is 0.480 e. The molecule has 0 aliphatic rings. The van der Waals surface area contributed by atoms with Gasteiger partial charge in [0.05, 0.1) is 5.69 Å². The number of benzene rings is 1. The number of carboxylic acid groups (broad SMARTS) is 1. The SMILES string of the molecule is O=C(O)COCC(=O)Nc1cccc(-n2[nH]nnc2=S)c1. The van der Waals surface area contributed by atoms with Crippen LogP contribution >= 0.6 is 12.2 Å². The van der Waals surface area contributed by atoms with E-state index in [1.165, 1.54) is 4.68 Å². The number of rotatable bonds is 6. The molecule has 0 aliphatic heterocycles. The number of carbonyl (C=O) groups excluding carboxylic acids is 1. The van der Waals surface area contributed by atoms with E-state index in [0.717, 1.165) is 0 Å². The smallest absolute Gasteiger partial charge is 0.329 e. The highest BCUT2D eigenvalue weighted by atomic mass is 32.1. The zero-order valence-electron chi connectivity index (χ0n) is 10.6. The maximum atomic E-state index is 11.6. The van der Waals surface area contributed by atoms with E-state index in [9.17, 15) is 9.59 Å². The first-order chi connectivity index (χ1) is 10.1. The van der Waals surface area contributed by atoms with Crippen molar-refractivity contribution in [3.05, 3.63) is 29.0 Å². The summed E-state index contributed by atoms with van der Waals surface area (Å²) in [5, 5.41) is 20.8. The van der Waals surface area contributed by atoms with Crippen molar-refractivity contribution in [2.24, 2.45) is 0 Å². The molecule has 0 radical (unpaired) electrons. The molecule has 0 fully saturated rings. The summed E-state index contributed by atoms with van der Waals surface area (Å²) in [7, 11) is 0. The molecule has 2 rings (SSSR count). The number of carboxylic acids is 1. The fourth-order valence-electron chi connectivity index (χ4n) is 1.52. The number of H-pyrrole nitrogens is 1. The average molecular weight is 309 g/mol. The first-order valence-electron chi connectivity index (χ1n) is 5.76. The lowest BCUT2D eigenvalue weighted by atomic mass is 10.3. The summed E-state index contributed by atoms with van der Waals surface area (Å²) in [5.74, 6) is -1.59. The van der Waals surface area contributed by atoms with Crippen LogP contribution in [-0.2, 0) is 14.3 Å². The quantitative estimate of drug-likeness (QED) is 0.659. The van der Waals surface area contributed by atoms with E-state index in [-0.39, 0.29) is 11.4 Å². The summed E-state index contributed by atoms with van der Waals surface area (Å²) in [6.07, 6.45) is 0. The van der Waals surface area contributed by atoms with Gasteiger partial charge in [-0.3, -0.25) is 4.79 Å². The molecule has 1 heterocycles. The highest BCUT2D eigenvalue weighted by Crippen LogP contribution is 2.13. The van der Waals surface area contributed by atoms with E-state index in [0.29, 0.717) is 11.4 Å². The zero-order valence-corrected chi connectivity index (χ0v) is 11.5. The van der Waals surface area contributed by atoms with Gasteiger partial charge >= 0.3 is 5.97 Å². The second kappa shape index (κ2) is 6.72. The standard InChI is InChI=1S/C11H11N5O4S/c17-9(5-20-6-10(18)19)12-7-2-1-3-8(4-7)16-11(21)13-14-15-16/h1-4H,5-6H2,(H,12,17)(H,18,19)(H,13,15,21). The zero-order chi connectivity index (χ0) is 15.2. The van der Waals surface area contributed by atoms with Gasteiger partial charge in [0.25, 0.3) is 0 Å². The predicted octanol–water partition coefficient (Wildman–Crippen LogP) is 0.365. The van der Waals surface area contributed by atoms with Gasteiger partial charge in [0.15, 0.2) is 0 Å². The molecule has 0 bridgehead atoms.